The molecule has 0 spiro atoms. The zero-order valence-corrected chi connectivity index (χ0v) is 23.6. The Bertz CT molecular complexity index is 1400. The highest BCUT2D eigenvalue weighted by Gasteiger charge is 2.50. The number of nitrogens with zero attached hydrogens (tertiary/aromatic N) is 1. The quantitative estimate of drug-likeness (QED) is 0.400. The van der Waals surface area contributed by atoms with E-state index < -0.39 is 41.9 Å². The number of alkyl halides is 3. The number of amides is 3. The summed E-state index contributed by atoms with van der Waals surface area (Å²) in [6, 6.07) is 0.353. The average molecular weight is 617 g/mol. The van der Waals surface area contributed by atoms with Crippen molar-refractivity contribution in [3.63, 3.8) is 0 Å². The van der Waals surface area contributed by atoms with Crippen molar-refractivity contribution in [2.45, 2.75) is 63.9 Å². The van der Waals surface area contributed by atoms with Crippen molar-refractivity contribution in [1.82, 2.24) is 20.5 Å². The number of benzene rings is 1. The zero-order valence-electron chi connectivity index (χ0n) is 22.1. The molecule has 2 aromatic rings. The third kappa shape index (κ3) is 5.86. The molecule has 2 aliphatic heterocycles. The monoisotopic (exact) mass is 616 g/mol. The van der Waals surface area contributed by atoms with Crippen LogP contribution in [0.2, 0.25) is 10.0 Å². The van der Waals surface area contributed by atoms with Crippen LogP contribution in [0.1, 0.15) is 55.9 Å². The third-order valence-corrected chi connectivity index (χ3v) is 9.17. The van der Waals surface area contributed by atoms with Crippen molar-refractivity contribution < 1.29 is 37.1 Å². The Hall–Kier alpha value is -2.99. The van der Waals surface area contributed by atoms with E-state index in [1.165, 1.54) is 11.0 Å². The van der Waals surface area contributed by atoms with Crippen LogP contribution in [0.25, 0.3) is 10.9 Å². The third-order valence-electron chi connectivity index (χ3n) is 8.38. The molecule has 0 unspecified atom stereocenters. The molecule has 14 heteroatoms. The van der Waals surface area contributed by atoms with Crippen LogP contribution < -0.4 is 15.4 Å². The number of carbonyl (C=O) groups excluding carboxylic acids is 4. The lowest BCUT2D eigenvalue weighted by atomic mass is 9.91. The van der Waals surface area contributed by atoms with Gasteiger partial charge in [-0.1, -0.05) is 36.5 Å². The topological polar surface area (TPSA) is 121 Å². The maximum Gasteiger partial charge on any atom is 0.573 e. The van der Waals surface area contributed by atoms with E-state index in [2.05, 4.69) is 20.4 Å². The summed E-state index contributed by atoms with van der Waals surface area (Å²) < 4.78 is 43.3. The number of halogens is 5. The van der Waals surface area contributed by atoms with Gasteiger partial charge in [0.15, 0.2) is 5.78 Å². The SMILES string of the molecule is CCC(=O)[C@H](C[C@@H]1CCNC1=O)NC(=O)[C@@H]1[C@H]2CCC[C@H]2CN1C(=O)c1cc2c(OC(F)(F)F)cc(Cl)c(Cl)c2[nH]1. The van der Waals surface area contributed by atoms with Gasteiger partial charge in [0.05, 0.1) is 21.6 Å². The standard InChI is InChI=1S/C27H29Cl2F3N4O5/c1-2-19(37)17(8-12-6-7-33-24(12)38)35-25(39)23-14-5-3-4-13(14)11-36(23)26(40)18-9-15-20(41-27(30,31)32)10-16(28)21(29)22(15)34-18/h9-10,12-14,17,23,34H,2-8,11H2,1H3,(H,33,38)(H,35,39)/t12-,13-,14-,17-,23-/m0/s1. The summed E-state index contributed by atoms with van der Waals surface area (Å²) in [5.41, 5.74) is -0.0941. The summed E-state index contributed by atoms with van der Waals surface area (Å²) >= 11 is 12.3. The number of aromatic nitrogens is 1. The molecule has 5 rings (SSSR count). The highest BCUT2D eigenvalue weighted by Crippen LogP contribution is 2.44. The Labute approximate surface area is 243 Å². The summed E-state index contributed by atoms with van der Waals surface area (Å²) in [6.07, 6.45) is -1.70. The lowest BCUT2D eigenvalue weighted by Gasteiger charge is -2.29. The molecule has 1 saturated carbocycles. The fraction of sp³-hybridized carbons (Fsp3) is 0.556. The van der Waals surface area contributed by atoms with Crippen LogP contribution in [0.4, 0.5) is 13.2 Å². The molecule has 1 aliphatic carbocycles. The lowest BCUT2D eigenvalue weighted by Crippen LogP contribution is -2.53. The van der Waals surface area contributed by atoms with Gasteiger partial charge in [0.1, 0.15) is 17.5 Å². The van der Waals surface area contributed by atoms with Crippen LogP contribution in [0.3, 0.4) is 0 Å². The van der Waals surface area contributed by atoms with Gasteiger partial charge in [0, 0.05) is 36.9 Å². The molecule has 3 fully saturated rings. The summed E-state index contributed by atoms with van der Waals surface area (Å²) in [5, 5.41) is 5.19. The minimum atomic E-state index is -5.01. The van der Waals surface area contributed by atoms with Crippen LogP contribution >= 0.6 is 23.2 Å². The second-order valence-corrected chi connectivity index (χ2v) is 11.6. The average Bonchev–Trinajstić information content (AvgIpc) is 3.69. The van der Waals surface area contributed by atoms with Gasteiger partial charge in [-0.05, 0) is 43.6 Å². The van der Waals surface area contributed by atoms with Gasteiger partial charge in [-0.2, -0.15) is 0 Å². The van der Waals surface area contributed by atoms with Crippen molar-refractivity contribution in [2.75, 3.05) is 13.1 Å². The predicted molar refractivity (Wildman–Crippen MR) is 144 cm³/mol. The van der Waals surface area contributed by atoms with E-state index in [-0.39, 0.29) is 69.6 Å². The Kier molecular flexibility index (Phi) is 8.17. The molecule has 3 amide bonds. The van der Waals surface area contributed by atoms with Crippen LogP contribution in [-0.2, 0) is 14.4 Å². The minimum Gasteiger partial charge on any atom is -0.405 e. The van der Waals surface area contributed by atoms with Crippen molar-refractivity contribution in [2.24, 2.45) is 17.8 Å². The second kappa shape index (κ2) is 11.4. The van der Waals surface area contributed by atoms with Gasteiger partial charge < -0.3 is 25.3 Å². The first-order valence-corrected chi connectivity index (χ1v) is 14.3. The predicted octanol–water partition coefficient (Wildman–Crippen LogP) is 4.60. The molecular weight excluding hydrogens is 588 g/mol. The van der Waals surface area contributed by atoms with Crippen LogP contribution in [-0.4, -0.2) is 64.9 Å². The molecule has 41 heavy (non-hydrogen) atoms. The molecule has 5 atom stereocenters. The van der Waals surface area contributed by atoms with E-state index in [1.54, 1.807) is 6.92 Å². The first-order valence-electron chi connectivity index (χ1n) is 13.6. The van der Waals surface area contributed by atoms with Gasteiger partial charge in [-0.15, -0.1) is 13.2 Å². The minimum absolute atomic E-state index is 0.00870. The number of aromatic amines is 1. The van der Waals surface area contributed by atoms with Crippen molar-refractivity contribution in [3.05, 3.63) is 27.9 Å². The van der Waals surface area contributed by atoms with Crippen molar-refractivity contribution in [3.8, 4) is 5.75 Å². The molecule has 9 nitrogen and oxygen atoms in total. The van der Waals surface area contributed by atoms with Gasteiger partial charge >= 0.3 is 6.36 Å². The fourth-order valence-corrected chi connectivity index (χ4v) is 6.85. The molecule has 2 saturated heterocycles. The first-order chi connectivity index (χ1) is 19.4. The summed E-state index contributed by atoms with van der Waals surface area (Å²) in [5.74, 6) is -2.57. The first kappa shape index (κ1) is 29.5. The van der Waals surface area contributed by atoms with E-state index in [4.69, 9.17) is 23.2 Å². The van der Waals surface area contributed by atoms with Gasteiger partial charge in [0.2, 0.25) is 11.8 Å². The maximum absolute atomic E-state index is 13.8. The normalized spacial score (nSPS) is 24.8. The van der Waals surface area contributed by atoms with Crippen molar-refractivity contribution >= 4 is 57.6 Å². The molecule has 1 aromatic heterocycles. The van der Waals surface area contributed by atoms with Gasteiger partial charge in [-0.3, -0.25) is 19.2 Å². The largest absolute Gasteiger partial charge is 0.573 e. The summed E-state index contributed by atoms with van der Waals surface area (Å²) in [6.45, 7) is 2.46. The van der Waals surface area contributed by atoms with E-state index in [9.17, 15) is 32.3 Å². The molecule has 3 N–H and O–H groups in total. The number of ketones is 1. The fourth-order valence-electron chi connectivity index (χ4n) is 6.46. The van der Waals surface area contributed by atoms with Crippen molar-refractivity contribution in [1.29, 1.82) is 0 Å². The number of rotatable bonds is 8. The van der Waals surface area contributed by atoms with Gasteiger partial charge in [-0.25, -0.2) is 0 Å². The molecule has 222 valence electrons. The Morgan fingerprint density at radius 2 is 1.95 bits per heavy atom. The second-order valence-electron chi connectivity index (χ2n) is 10.8. The lowest BCUT2D eigenvalue weighted by molar-refractivity contribution is -0.274. The molecule has 0 bridgehead atoms. The van der Waals surface area contributed by atoms with E-state index in [0.29, 0.717) is 19.4 Å². The number of hydrogen-bond donors (Lipinski definition) is 3. The van der Waals surface area contributed by atoms with Crippen LogP contribution in [0.15, 0.2) is 12.1 Å². The molecule has 3 heterocycles. The van der Waals surface area contributed by atoms with E-state index >= 15 is 0 Å². The van der Waals surface area contributed by atoms with E-state index in [0.717, 1.165) is 18.9 Å². The number of H-pyrrole nitrogens is 1. The van der Waals surface area contributed by atoms with E-state index in [1.807, 2.05) is 0 Å². The van der Waals surface area contributed by atoms with Crippen LogP contribution in [0, 0.1) is 17.8 Å². The smallest absolute Gasteiger partial charge is 0.405 e. The number of hydrogen-bond acceptors (Lipinski definition) is 5. The molecule has 3 aliphatic rings. The molecule has 1 aromatic carbocycles. The summed E-state index contributed by atoms with van der Waals surface area (Å²) in [4.78, 5) is 56.6. The highest BCUT2D eigenvalue weighted by atomic mass is 35.5. The Balaban J connectivity index is 1.44. The zero-order chi connectivity index (χ0) is 29.6. The molecule has 0 radical (unpaired) electrons. The number of nitrogens with one attached hydrogen (secondary N) is 3. The Morgan fingerprint density at radius 1 is 1.20 bits per heavy atom. The number of fused-ring (bicyclic) bond motifs is 2. The number of carbonyl (C=O) groups is 4. The molecular formula is C27H29Cl2F3N4O5. The number of likely N-dealkylation sites (tertiary alicyclic amines) is 1. The highest BCUT2D eigenvalue weighted by molar-refractivity contribution is 6.45. The maximum atomic E-state index is 13.8. The van der Waals surface area contributed by atoms with Crippen LogP contribution in [0.5, 0.6) is 5.75 Å². The van der Waals surface area contributed by atoms with Gasteiger partial charge in [0.25, 0.3) is 5.91 Å². The Morgan fingerprint density at radius 3 is 2.61 bits per heavy atom. The summed E-state index contributed by atoms with van der Waals surface area (Å²) in [7, 11) is 0. The number of ether oxygens (including phenoxy) is 1. The number of Topliss-reactive ketones (excluding diaryl/α,β-unsaturated/α-hetero) is 1.